The Balaban J connectivity index is 0. The van der Waals surface area contributed by atoms with Gasteiger partial charge >= 0.3 is 44.4 Å². The summed E-state index contributed by atoms with van der Waals surface area (Å²) in [7, 11) is 0. The van der Waals surface area contributed by atoms with Crippen molar-refractivity contribution in [3.05, 3.63) is 0 Å². The molecule has 2 radical (unpaired) electrons. The van der Waals surface area contributed by atoms with Gasteiger partial charge in [0.05, 0.1) is 0 Å². The monoisotopic (exact) mass is 260 g/mol. The molecule has 0 aliphatic carbocycles. The van der Waals surface area contributed by atoms with Crippen molar-refractivity contribution in [1.82, 2.24) is 0 Å². The third-order valence-corrected chi connectivity index (χ3v) is 0. The molecule has 0 amide bonds. The van der Waals surface area contributed by atoms with Gasteiger partial charge in [0, 0.05) is 0 Å². The van der Waals surface area contributed by atoms with E-state index in [0.717, 1.165) is 0 Å². The molecule has 0 unspecified atom stereocenters. The van der Waals surface area contributed by atoms with Crippen LogP contribution < -0.4 is 0 Å². The van der Waals surface area contributed by atoms with Crippen LogP contribution in [0.25, 0.3) is 0 Å². The average molecular weight is 258 g/mol. The molecule has 0 bridgehead atoms. The molecule has 0 rings (SSSR count). The van der Waals surface area contributed by atoms with Crippen LogP contribution in [0.4, 0.5) is 0 Å². The fraction of sp³-hybridized carbons (Fsp3) is 0. The summed E-state index contributed by atoms with van der Waals surface area (Å²) in [6.45, 7) is 0. The molecular formula is H2CdS2Se. The molecule has 0 aromatic rings. The van der Waals surface area contributed by atoms with Crippen LogP contribution in [-0.4, -0.2) is 17.1 Å². The molecule has 4 heteroatoms. The van der Waals surface area contributed by atoms with E-state index in [-0.39, 0.29) is 71.4 Å². The van der Waals surface area contributed by atoms with Crippen molar-refractivity contribution < 1.29 is 27.3 Å². The van der Waals surface area contributed by atoms with Crippen LogP contribution in [0.15, 0.2) is 0 Å². The first kappa shape index (κ1) is 35.4. The fourth-order valence-corrected chi connectivity index (χ4v) is 0. The van der Waals surface area contributed by atoms with Crippen LogP contribution in [0.3, 0.4) is 0 Å². The summed E-state index contributed by atoms with van der Waals surface area (Å²) in [6, 6.07) is 0. The summed E-state index contributed by atoms with van der Waals surface area (Å²) in [5, 5.41) is 0. The normalized spacial score (nSPS) is 0. The first-order valence-electron chi connectivity index (χ1n) is 0. The fourth-order valence-electron chi connectivity index (χ4n) is 0. The topological polar surface area (TPSA) is 0 Å². The molecule has 0 aromatic carbocycles. The van der Waals surface area contributed by atoms with Gasteiger partial charge in [-0.25, -0.2) is 0 Å². The van der Waals surface area contributed by atoms with Gasteiger partial charge in [0.25, 0.3) is 0 Å². The summed E-state index contributed by atoms with van der Waals surface area (Å²) in [6.07, 6.45) is 0. The summed E-state index contributed by atoms with van der Waals surface area (Å²) in [5.41, 5.74) is 0. The second-order valence-corrected chi connectivity index (χ2v) is 0. The Morgan fingerprint density at radius 2 is 0.750 bits per heavy atom. The van der Waals surface area contributed by atoms with Crippen LogP contribution in [0.2, 0.25) is 0 Å². The van der Waals surface area contributed by atoms with Crippen LogP contribution in [0.5, 0.6) is 0 Å². The molecule has 0 atom stereocenters. The Morgan fingerprint density at radius 3 is 0.750 bits per heavy atom. The first-order chi connectivity index (χ1) is 0. The Hall–Kier alpha value is 2.14. The van der Waals surface area contributed by atoms with Crippen molar-refractivity contribution in [2.45, 2.75) is 0 Å². The van der Waals surface area contributed by atoms with Crippen molar-refractivity contribution in [1.29, 1.82) is 0 Å². The number of hydrogen-bond acceptors (Lipinski definition) is 0. The van der Waals surface area contributed by atoms with E-state index in [1.165, 1.54) is 0 Å². The molecule has 0 heterocycles. The van der Waals surface area contributed by atoms with Gasteiger partial charge in [-0.3, -0.25) is 0 Å². The summed E-state index contributed by atoms with van der Waals surface area (Å²) >= 11 is 0. The molecule has 0 aliphatic rings. The second kappa shape index (κ2) is 19.2. The predicted molar refractivity (Wildman–Crippen MR) is 23.3 cm³/mol. The SMILES string of the molecule is [Cd+2].[S-2].[S-2].[SeH2+2]. The Labute approximate surface area is 70.6 Å². The summed E-state index contributed by atoms with van der Waals surface area (Å²) in [4.78, 5) is 0. The zero-order valence-electron chi connectivity index (χ0n) is 2.02. The van der Waals surface area contributed by atoms with E-state index in [4.69, 9.17) is 0 Å². The first-order valence-corrected chi connectivity index (χ1v) is 0. The van der Waals surface area contributed by atoms with E-state index in [9.17, 15) is 0 Å². The van der Waals surface area contributed by atoms with E-state index in [0.29, 0.717) is 0 Å². The van der Waals surface area contributed by atoms with E-state index in [1.54, 1.807) is 0 Å². The molecule has 0 nitrogen and oxygen atoms in total. The van der Waals surface area contributed by atoms with Crippen molar-refractivity contribution >= 4 is 44.1 Å². The molecular weight excluding hydrogens is 256 g/mol. The van der Waals surface area contributed by atoms with Crippen LogP contribution >= 0.6 is 0 Å². The van der Waals surface area contributed by atoms with Crippen molar-refractivity contribution in [2.75, 3.05) is 0 Å². The van der Waals surface area contributed by atoms with Crippen molar-refractivity contribution in [3.8, 4) is 0 Å². The van der Waals surface area contributed by atoms with Crippen molar-refractivity contribution in [2.24, 2.45) is 0 Å². The minimum absolute atomic E-state index is 0. The Bertz CT molecular complexity index is 6.00. The van der Waals surface area contributed by atoms with E-state index in [2.05, 4.69) is 0 Å². The molecule has 0 spiro atoms. The quantitative estimate of drug-likeness (QED) is 0.492. The van der Waals surface area contributed by atoms with Crippen LogP contribution in [0, 0.1) is 0 Å². The van der Waals surface area contributed by atoms with Gasteiger partial charge in [-0.1, -0.05) is 0 Å². The minimum atomic E-state index is 0. The molecule has 0 aliphatic heterocycles. The predicted octanol–water partition coefficient (Wildman–Crippen LogP) is -0.923. The number of hydrogen-bond donors (Lipinski definition) is 0. The second-order valence-electron chi connectivity index (χ2n) is 0. The number of rotatable bonds is 0. The van der Waals surface area contributed by atoms with Gasteiger partial charge in [0.2, 0.25) is 0 Å². The molecule has 0 fully saturated rings. The van der Waals surface area contributed by atoms with Gasteiger partial charge in [-0.15, -0.1) is 0 Å². The summed E-state index contributed by atoms with van der Waals surface area (Å²) < 4.78 is 0. The van der Waals surface area contributed by atoms with Gasteiger partial charge in [0.1, 0.15) is 0 Å². The van der Waals surface area contributed by atoms with E-state index in [1.807, 2.05) is 0 Å². The van der Waals surface area contributed by atoms with E-state index >= 15 is 0 Å². The molecule has 22 valence electrons. The molecule has 0 aromatic heterocycles. The van der Waals surface area contributed by atoms with Gasteiger partial charge in [-0.05, 0) is 0 Å². The van der Waals surface area contributed by atoms with Gasteiger partial charge in [-0.2, -0.15) is 0 Å². The molecule has 0 N–H and O–H groups in total. The third kappa shape index (κ3) is 8.91. The van der Waals surface area contributed by atoms with Gasteiger partial charge < -0.3 is 27.0 Å². The molecule has 0 saturated heterocycles. The summed E-state index contributed by atoms with van der Waals surface area (Å²) in [5.74, 6) is 0. The Kier molecular flexibility index (Phi) is 170. The third-order valence-electron chi connectivity index (χ3n) is 0. The standard InChI is InChI=1S/Cd.2S.H2Se/h;;;1H2/q+2;2*-2;+2. The molecule has 0 saturated carbocycles. The van der Waals surface area contributed by atoms with Gasteiger partial charge in [0.15, 0.2) is 0 Å². The van der Waals surface area contributed by atoms with Crippen LogP contribution in [-0.2, 0) is 54.3 Å². The Morgan fingerprint density at radius 1 is 0.750 bits per heavy atom. The maximum atomic E-state index is 0. The van der Waals surface area contributed by atoms with Crippen LogP contribution in [0.1, 0.15) is 0 Å². The van der Waals surface area contributed by atoms with E-state index < -0.39 is 0 Å². The average Bonchev–Trinajstić information content (AvgIpc) is 0. The van der Waals surface area contributed by atoms with Crippen molar-refractivity contribution in [3.63, 3.8) is 0 Å². The molecule has 4 heavy (non-hydrogen) atoms. The maximum absolute atomic E-state index is 0. The zero-order chi connectivity index (χ0) is 0. The zero-order valence-corrected chi connectivity index (χ0v) is 9.79.